The van der Waals surface area contributed by atoms with E-state index in [4.69, 9.17) is 5.26 Å². The highest BCUT2D eigenvalue weighted by molar-refractivity contribution is 9.10. The molecule has 0 spiro atoms. The van der Waals surface area contributed by atoms with Crippen molar-refractivity contribution in [2.45, 2.75) is 13.8 Å². The van der Waals surface area contributed by atoms with E-state index in [9.17, 15) is 4.79 Å². The van der Waals surface area contributed by atoms with Gasteiger partial charge < -0.3 is 5.32 Å². The van der Waals surface area contributed by atoms with Crippen LogP contribution in [0.5, 0.6) is 0 Å². The topological polar surface area (TPSA) is 52.9 Å². The predicted molar refractivity (Wildman–Crippen MR) is 80.6 cm³/mol. The molecule has 1 aromatic carbocycles. The molecular formula is C14H11BrN2OS. The maximum Gasteiger partial charge on any atom is 0.257 e. The molecule has 0 bridgehead atoms. The minimum Gasteiger partial charge on any atom is -0.312 e. The minimum absolute atomic E-state index is 0.217. The van der Waals surface area contributed by atoms with Gasteiger partial charge in [0, 0.05) is 9.35 Å². The fourth-order valence-electron chi connectivity index (χ4n) is 1.67. The third-order valence-corrected chi connectivity index (χ3v) is 4.66. The molecule has 96 valence electrons. The quantitative estimate of drug-likeness (QED) is 0.892. The number of hydrogen-bond donors (Lipinski definition) is 1. The van der Waals surface area contributed by atoms with Crippen LogP contribution >= 0.6 is 27.3 Å². The maximum atomic E-state index is 12.2. The highest BCUT2D eigenvalue weighted by Crippen LogP contribution is 2.32. The summed E-state index contributed by atoms with van der Waals surface area (Å²) in [4.78, 5) is 13.2. The van der Waals surface area contributed by atoms with Gasteiger partial charge in [-0.25, -0.2) is 0 Å². The Morgan fingerprint density at radius 1 is 1.37 bits per heavy atom. The van der Waals surface area contributed by atoms with Crippen molar-refractivity contribution in [2.75, 3.05) is 5.32 Å². The second kappa shape index (κ2) is 5.55. The summed E-state index contributed by atoms with van der Waals surface area (Å²) in [6.07, 6.45) is 0. The maximum absolute atomic E-state index is 12.2. The van der Waals surface area contributed by atoms with Gasteiger partial charge >= 0.3 is 0 Å². The standard InChI is InChI=1S/C14H11BrN2OS/c1-8-9(2)19-14(11(8)7-16)17-13(18)10-5-3-4-6-12(10)15/h3-6H,1-2H3,(H,17,18). The number of carbonyl (C=O) groups excluding carboxylic acids is 1. The van der Waals surface area contributed by atoms with Crippen LogP contribution in [0.2, 0.25) is 0 Å². The molecule has 5 heteroatoms. The molecule has 2 rings (SSSR count). The smallest absolute Gasteiger partial charge is 0.257 e. The second-order valence-corrected chi connectivity index (χ2v) is 6.11. The van der Waals surface area contributed by atoms with Crippen LogP contribution in [0.1, 0.15) is 26.4 Å². The molecule has 2 aromatic rings. The van der Waals surface area contributed by atoms with Crippen molar-refractivity contribution in [1.29, 1.82) is 5.26 Å². The Bertz CT molecular complexity index is 685. The first kappa shape index (κ1) is 13.8. The molecule has 1 N–H and O–H groups in total. The number of benzene rings is 1. The zero-order chi connectivity index (χ0) is 14.0. The van der Waals surface area contributed by atoms with E-state index in [0.717, 1.165) is 14.9 Å². The van der Waals surface area contributed by atoms with Crippen molar-refractivity contribution in [3.05, 3.63) is 50.3 Å². The average molecular weight is 335 g/mol. The zero-order valence-electron chi connectivity index (χ0n) is 10.5. The number of rotatable bonds is 2. The third kappa shape index (κ3) is 2.70. The molecule has 0 aliphatic heterocycles. The van der Waals surface area contributed by atoms with Gasteiger partial charge in [0.2, 0.25) is 0 Å². The Hall–Kier alpha value is -1.64. The first-order chi connectivity index (χ1) is 9.04. The lowest BCUT2D eigenvalue weighted by Gasteiger charge is -2.05. The lowest BCUT2D eigenvalue weighted by Crippen LogP contribution is -2.12. The number of carbonyl (C=O) groups is 1. The zero-order valence-corrected chi connectivity index (χ0v) is 12.9. The first-order valence-corrected chi connectivity index (χ1v) is 7.21. The number of amides is 1. The third-order valence-electron chi connectivity index (χ3n) is 2.84. The van der Waals surface area contributed by atoms with E-state index < -0.39 is 0 Å². The Morgan fingerprint density at radius 3 is 2.68 bits per heavy atom. The molecule has 0 aliphatic carbocycles. The van der Waals surface area contributed by atoms with E-state index in [-0.39, 0.29) is 5.91 Å². The van der Waals surface area contributed by atoms with Crippen LogP contribution in [0.15, 0.2) is 28.7 Å². The SMILES string of the molecule is Cc1sc(NC(=O)c2ccccc2Br)c(C#N)c1C. The molecule has 3 nitrogen and oxygen atoms in total. The van der Waals surface area contributed by atoms with Crippen molar-refractivity contribution < 1.29 is 4.79 Å². The summed E-state index contributed by atoms with van der Waals surface area (Å²) in [7, 11) is 0. The Balaban J connectivity index is 2.33. The van der Waals surface area contributed by atoms with Gasteiger partial charge in [0.1, 0.15) is 11.1 Å². The van der Waals surface area contributed by atoms with E-state index in [0.29, 0.717) is 16.1 Å². The van der Waals surface area contributed by atoms with Crippen molar-refractivity contribution in [1.82, 2.24) is 0 Å². The predicted octanol–water partition coefficient (Wildman–Crippen LogP) is 4.25. The Labute approximate surface area is 124 Å². The van der Waals surface area contributed by atoms with Crippen LogP contribution in [0.25, 0.3) is 0 Å². The van der Waals surface area contributed by atoms with Crippen molar-refractivity contribution in [3.63, 3.8) is 0 Å². The summed E-state index contributed by atoms with van der Waals surface area (Å²) in [6.45, 7) is 3.83. The van der Waals surface area contributed by atoms with Crippen LogP contribution in [0.3, 0.4) is 0 Å². The number of nitrogens with one attached hydrogen (secondary N) is 1. The number of anilines is 1. The van der Waals surface area contributed by atoms with Crippen molar-refractivity contribution in [2.24, 2.45) is 0 Å². The monoisotopic (exact) mass is 334 g/mol. The average Bonchev–Trinajstić information content (AvgIpc) is 2.64. The van der Waals surface area contributed by atoms with Gasteiger partial charge in [-0.3, -0.25) is 4.79 Å². The molecule has 1 aromatic heterocycles. The number of aryl methyl sites for hydroxylation is 1. The summed E-state index contributed by atoms with van der Waals surface area (Å²) in [5.41, 5.74) is 2.02. The molecule has 0 aliphatic rings. The van der Waals surface area contributed by atoms with Gasteiger partial charge in [0.15, 0.2) is 0 Å². The lowest BCUT2D eigenvalue weighted by atomic mass is 10.2. The molecule has 1 heterocycles. The highest BCUT2D eigenvalue weighted by atomic mass is 79.9. The summed E-state index contributed by atoms with van der Waals surface area (Å²) < 4.78 is 0.732. The number of nitriles is 1. The van der Waals surface area contributed by atoms with Gasteiger partial charge in [-0.2, -0.15) is 5.26 Å². The molecule has 0 saturated carbocycles. The van der Waals surface area contributed by atoms with Crippen molar-refractivity contribution >= 4 is 38.2 Å². The van der Waals surface area contributed by atoms with Crippen LogP contribution in [-0.2, 0) is 0 Å². The van der Waals surface area contributed by atoms with E-state index in [1.54, 1.807) is 12.1 Å². The largest absolute Gasteiger partial charge is 0.312 e. The number of halogens is 1. The fraction of sp³-hybridized carbons (Fsp3) is 0.143. The summed E-state index contributed by atoms with van der Waals surface area (Å²) in [5.74, 6) is -0.217. The Morgan fingerprint density at radius 2 is 2.05 bits per heavy atom. The van der Waals surface area contributed by atoms with Crippen LogP contribution in [0, 0.1) is 25.2 Å². The number of thiophene rings is 1. The van der Waals surface area contributed by atoms with Gasteiger partial charge in [0.25, 0.3) is 5.91 Å². The summed E-state index contributed by atoms with van der Waals surface area (Å²) in [5, 5.41) is 12.6. The van der Waals surface area contributed by atoms with E-state index in [2.05, 4.69) is 27.3 Å². The van der Waals surface area contributed by atoms with Crippen LogP contribution < -0.4 is 5.32 Å². The number of hydrogen-bond acceptors (Lipinski definition) is 3. The van der Waals surface area contributed by atoms with Gasteiger partial charge in [0.05, 0.1) is 11.1 Å². The molecule has 0 unspecified atom stereocenters. The molecule has 1 amide bonds. The Kier molecular flexibility index (Phi) is 4.03. The van der Waals surface area contributed by atoms with Crippen LogP contribution in [-0.4, -0.2) is 5.91 Å². The van der Waals surface area contributed by atoms with Crippen LogP contribution in [0.4, 0.5) is 5.00 Å². The van der Waals surface area contributed by atoms with Gasteiger partial charge in [-0.15, -0.1) is 11.3 Å². The number of nitrogens with zero attached hydrogens (tertiary/aromatic N) is 1. The molecule has 0 fully saturated rings. The highest BCUT2D eigenvalue weighted by Gasteiger charge is 2.16. The normalized spacial score (nSPS) is 10.0. The van der Waals surface area contributed by atoms with E-state index in [1.165, 1.54) is 11.3 Å². The van der Waals surface area contributed by atoms with E-state index in [1.807, 2.05) is 26.0 Å². The molecule has 19 heavy (non-hydrogen) atoms. The molecule has 0 saturated heterocycles. The molecule has 0 atom stereocenters. The van der Waals surface area contributed by atoms with Gasteiger partial charge in [-0.1, -0.05) is 12.1 Å². The second-order valence-electron chi connectivity index (χ2n) is 4.03. The summed E-state index contributed by atoms with van der Waals surface area (Å²) in [6, 6.07) is 9.34. The van der Waals surface area contributed by atoms with E-state index >= 15 is 0 Å². The molecule has 0 radical (unpaired) electrons. The summed E-state index contributed by atoms with van der Waals surface area (Å²) >= 11 is 4.77. The molecular weight excluding hydrogens is 324 g/mol. The minimum atomic E-state index is -0.217. The fourth-order valence-corrected chi connectivity index (χ4v) is 3.14. The first-order valence-electron chi connectivity index (χ1n) is 5.60. The lowest BCUT2D eigenvalue weighted by molar-refractivity contribution is 0.102. The van der Waals surface area contributed by atoms with Crippen molar-refractivity contribution in [3.8, 4) is 6.07 Å². The van der Waals surface area contributed by atoms with Gasteiger partial charge in [-0.05, 0) is 47.5 Å².